The lowest BCUT2D eigenvalue weighted by molar-refractivity contribution is -0.115. The van der Waals surface area contributed by atoms with Crippen molar-refractivity contribution in [1.29, 1.82) is 0 Å². The lowest BCUT2D eigenvalue weighted by atomic mass is 10.3. The number of nitrogens with one attached hydrogen (secondary N) is 2. The van der Waals surface area contributed by atoms with E-state index in [0.717, 1.165) is 0 Å². The van der Waals surface area contributed by atoms with Crippen LogP contribution in [-0.4, -0.2) is 26.2 Å². The number of sulfonamides is 1. The number of anilines is 1. The Labute approximate surface area is 124 Å². The summed E-state index contributed by atoms with van der Waals surface area (Å²) in [4.78, 5) is 11.5. The minimum Gasteiger partial charge on any atom is -0.326 e. The molecule has 112 valence electrons. The van der Waals surface area contributed by atoms with Crippen molar-refractivity contribution in [2.75, 3.05) is 11.2 Å². The van der Waals surface area contributed by atoms with Crippen molar-refractivity contribution < 1.29 is 13.2 Å². The van der Waals surface area contributed by atoms with Gasteiger partial charge >= 0.3 is 0 Å². The molecule has 0 unspecified atom stereocenters. The van der Waals surface area contributed by atoms with Crippen molar-refractivity contribution in [3.8, 4) is 0 Å². The molecule has 0 aliphatic heterocycles. The van der Waals surface area contributed by atoms with Gasteiger partial charge in [-0.3, -0.25) is 4.79 Å². The van der Waals surface area contributed by atoms with Crippen LogP contribution in [0.25, 0.3) is 0 Å². The quantitative estimate of drug-likeness (QED) is 0.758. The molecule has 1 rings (SSSR count). The second-order valence-electron chi connectivity index (χ2n) is 4.44. The van der Waals surface area contributed by atoms with Crippen LogP contribution >= 0.6 is 11.6 Å². The van der Waals surface area contributed by atoms with E-state index in [4.69, 9.17) is 11.6 Å². The summed E-state index contributed by atoms with van der Waals surface area (Å²) in [5.41, 5.74) is 0.544. The van der Waals surface area contributed by atoms with Crippen LogP contribution in [0, 0.1) is 0 Å². The highest BCUT2D eigenvalue weighted by Crippen LogP contribution is 2.15. The van der Waals surface area contributed by atoms with Crippen LogP contribution < -0.4 is 10.0 Å². The standard InChI is InChI=1S/C13H19ClN2O3S/c1-3-10(2)16-20(18,19)12-6-4-11(5-7-12)15-13(17)8-9-14/h4-7,10,16H,3,8-9H2,1-2H3,(H,15,17)/t10-/m0/s1. The first-order valence-corrected chi connectivity index (χ1v) is 8.39. The number of carbonyl (C=O) groups is 1. The highest BCUT2D eigenvalue weighted by atomic mass is 35.5. The van der Waals surface area contributed by atoms with E-state index in [0.29, 0.717) is 12.1 Å². The normalized spacial score (nSPS) is 12.9. The minimum absolute atomic E-state index is 0.122. The number of hydrogen-bond acceptors (Lipinski definition) is 3. The van der Waals surface area contributed by atoms with Gasteiger partial charge in [0.2, 0.25) is 15.9 Å². The molecule has 7 heteroatoms. The van der Waals surface area contributed by atoms with Crippen LogP contribution in [0.4, 0.5) is 5.69 Å². The van der Waals surface area contributed by atoms with Crippen molar-refractivity contribution >= 4 is 33.2 Å². The van der Waals surface area contributed by atoms with E-state index in [9.17, 15) is 13.2 Å². The summed E-state index contributed by atoms with van der Waals surface area (Å²) in [6.07, 6.45) is 0.934. The van der Waals surface area contributed by atoms with Crippen LogP contribution in [0.1, 0.15) is 26.7 Å². The van der Waals surface area contributed by atoms with Gasteiger partial charge in [0.25, 0.3) is 0 Å². The Bertz CT molecular complexity index is 543. The number of halogens is 1. The first-order chi connectivity index (χ1) is 9.39. The first-order valence-electron chi connectivity index (χ1n) is 6.37. The van der Waals surface area contributed by atoms with Crippen molar-refractivity contribution in [1.82, 2.24) is 4.72 Å². The van der Waals surface area contributed by atoms with E-state index < -0.39 is 10.0 Å². The molecule has 0 aromatic heterocycles. The average Bonchev–Trinajstić information content (AvgIpc) is 2.39. The summed E-state index contributed by atoms with van der Waals surface area (Å²) >= 11 is 5.46. The Kier molecular flexibility index (Phi) is 6.45. The molecule has 0 heterocycles. The molecule has 20 heavy (non-hydrogen) atoms. The van der Waals surface area contributed by atoms with Gasteiger partial charge in [-0.25, -0.2) is 13.1 Å². The summed E-state index contributed by atoms with van der Waals surface area (Å²) in [6.45, 7) is 3.71. The van der Waals surface area contributed by atoms with Crippen molar-refractivity contribution in [2.45, 2.75) is 37.6 Å². The molecular formula is C13H19ClN2O3S. The molecule has 0 saturated carbocycles. The Morgan fingerprint density at radius 3 is 2.40 bits per heavy atom. The zero-order valence-corrected chi connectivity index (χ0v) is 13.1. The van der Waals surface area contributed by atoms with Gasteiger partial charge in [0.1, 0.15) is 0 Å². The van der Waals surface area contributed by atoms with E-state index >= 15 is 0 Å². The molecule has 1 atom stereocenters. The van der Waals surface area contributed by atoms with Gasteiger partial charge in [-0.15, -0.1) is 11.6 Å². The van der Waals surface area contributed by atoms with Gasteiger partial charge in [0.05, 0.1) is 4.90 Å². The van der Waals surface area contributed by atoms with Gasteiger partial charge in [0.15, 0.2) is 0 Å². The van der Waals surface area contributed by atoms with Gasteiger partial charge in [-0.2, -0.15) is 0 Å². The molecule has 0 radical (unpaired) electrons. The van der Waals surface area contributed by atoms with E-state index in [-0.39, 0.29) is 29.1 Å². The van der Waals surface area contributed by atoms with Crippen LogP contribution in [0.5, 0.6) is 0 Å². The molecule has 1 aromatic rings. The fourth-order valence-corrected chi connectivity index (χ4v) is 2.94. The van der Waals surface area contributed by atoms with Gasteiger partial charge in [-0.05, 0) is 37.6 Å². The van der Waals surface area contributed by atoms with E-state index in [1.54, 1.807) is 19.1 Å². The van der Waals surface area contributed by atoms with Crippen molar-refractivity contribution in [3.05, 3.63) is 24.3 Å². The number of benzene rings is 1. The second kappa shape index (κ2) is 7.61. The summed E-state index contributed by atoms with van der Waals surface area (Å²) in [6, 6.07) is 5.90. The summed E-state index contributed by atoms with van der Waals surface area (Å²) in [7, 11) is -3.51. The van der Waals surface area contributed by atoms with Gasteiger partial charge in [-0.1, -0.05) is 6.92 Å². The van der Waals surface area contributed by atoms with Crippen LogP contribution in [0.2, 0.25) is 0 Å². The van der Waals surface area contributed by atoms with E-state index in [1.165, 1.54) is 12.1 Å². The lowest BCUT2D eigenvalue weighted by Gasteiger charge is -2.12. The molecule has 0 bridgehead atoms. The monoisotopic (exact) mass is 318 g/mol. The van der Waals surface area contributed by atoms with Crippen LogP contribution in [0.15, 0.2) is 29.2 Å². The molecule has 0 saturated heterocycles. The Balaban J connectivity index is 2.78. The first kappa shape index (κ1) is 16.9. The zero-order valence-electron chi connectivity index (χ0n) is 11.5. The summed E-state index contributed by atoms with van der Waals surface area (Å²) in [5.74, 6) is 0.0465. The maximum absolute atomic E-state index is 12.0. The molecule has 0 spiro atoms. The largest absolute Gasteiger partial charge is 0.326 e. The Morgan fingerprint density at radius 2 is 1.90 bits per heavy atom. The van der Waals surface area contributed by atoms with Gasteiger partial charge < -0.3 is 5.32 Å². The Morgan fingerprint density at radius 1 is 1.30 bits per heavy atom. The number of hydrogen-bond donors (Lipinski definition) is 2. The average molecular weight is 319 g/mol. The molecule has 0 fully saturated rings. The SMILES string of the molecule is CC[C@H](C)NS(=O)(=O)c1ccc(NC(=O)CCCl)cc1. The summed E-state index contributed by atoms with van der Waals surface area (Å²) < 4.78 is 26.6. The topological polar surface area (TPSA) is 75.3 Å². The van der Waals surface area contributed by atoms with Crippen molar-refractivity contribution in [2.24, 2.45) is 0 Å². The van der Waals surface area contributed by atoms with Crippen LogP contribution in [0.3, 0.4) is 0 Å². The zero-order chi connectivity index (χ0) is 15.2. The van der Waals surface area contributed by atoms with Gasteiger partial charge in [0, 0.05) is 24.0 Å². The number of alkyl halides is 1. The fraction of sp³-hybridized carbons (Fsp3) is 0.462. The predicted octanol–water partition coefficient (Wildman–Crippen LogP) is 2.33. The Hall–Kier alpha value is -1.11. The second-order valence-corrected chi connectivity index (χ2v) is 6.53. The molecule has 0 aliphatic carbocycles. The number of rotatable bonds is 7. The van der Waals surface area contributed by atoms with Crippen molar-refractivity contribution in [3.63, 3.8) is 0 Å². The number of carbonyl (C=O) groups excluding carboxylic acids is 1. The third-order valence-corrected chi connectivity index (χ3v) is 4.53. The highest BCUT2D eigenvalue weighted by molar-refractivity contribution is 7.89. The summed E-state index contributed by atoms with van der Waals surface area (Å²) in [5, 5.41) is 2.63. The molecule has 2 N–H and O–H groups in total. The van der Waals surface area contributed by atoms with Crippen LogP contribution in [-0.2, 0) is 14.8 Å². The molecule has 1 aromatic carbocycles. The third-order valence-electron chi connectivity index (χ3n) is 2.74. The van der Waals surface area contributed by atoms with E-state index in [1.807, 2.05) is 6.92 Å². The fourth-order valence-electron chi connectivity index (χ4n) is 1.44. The molecule has 1 amide bonds. The number of amides is 1. The molecule has 5 nitrogen and oxygen atoms in total. The smallest absolute Gasteiger partial charge is 0.240 e. The maximum atomic E-state index is 12.0. The molecule has 0 aliphatic rings. The lowest BCUT2D eigenvalue weighted by Crippen LogP contribution is -2.31. The highest BCUT2D eigenvalue weighted by Gasteiger charge is 2.16. The third kappa shape index (κ3) is 5.11. The molecular weight excluding hydrogens is 300 g/mol. The maximum Gasteiger partial charge on any atom is 0.240 e. The van der Waals surface area contributed by atoms with E-state index in [2.05, 4.69) is 10.0 Å². The predicted molar refractivity (Wildman–Crippen MR) is 80.5 cm³/mol. The minimum atomic E-state index is -3.51.